The van der Waals surface area contributed by atoms with Crippen LogP contribution in [0.4, 0.5) is 0 Å². The van der Waals surface area contributed by atoms with Crippen molar-refractivity contribution < 1.29 is 39.0 Å². The van der Waals surface area contributed by atoms with Crippen molar-refractivity contribution in [1.29, 1.82) is 0 Å². The number of aliphatic hydroxyl groups is 1. The Kier molecular flexibility index (Phi) is 12.9. The molecule has 11 N–H and O–H groups in total. The number of amides is 5. The highest BCUT2D eigenvalue weighted by Gasteiger charge is 2.33. The Morgan fingerprint density at radius 3 is 1.81 bits per heavy atom. The third-order valence-corrected chi connectivity index (χ3v) is 4.73. The summed E-state index contributed by atoms with van der Waals surface area (Å²) in [6.45, 7) is 1.13. The van der Waals surface area contributed by atoms with Crippen LogP contribution in [0.1, 0.15) is 26.2 Å². The van der Waals surface area contributed by atoms with Crippen LogP contribution in [0.3, 0.4) is 0 Å². The number of hydrogen-bond donors (Lipinski definition) is 8. The zero-order valence-electron chi connectivity index (χ0n) is 17.7. The predicted octanol–water partition coefficient (Wildman–Crippen LogP) is -4.26. The standard InChI is InChI=1S/C17H30N6O8S/c1-7(24)13(16(29)22-10(17(30)31)6-12(20)26)23-15(28)9(5-11(19)25)21-14(27)8(18)3-4-32-2/h7-10,13,24H,3-6,18H2,1-2H3,(H2,19,25)(H2,20,26)(H,21,27)(H,22,29)(H,23,28)(H,30,31). The summed E-state index contributed by atoms with van der Waals surface area (Å²) in [5.74, 6) is -5.84. The van der Waals surface area contributed by atoms with Crippen LogP contribution in [0.15, 0.2) is 0 Å². The van der Waals surface area contributed by atoms with Crippen LogP contribution in [0.5, 0.6) is 0 Å². The van der Waals surface area contributed by atoms with Crippen LogP contribution < -0.4 is 33.2 Å². The number of rotatable bonds is 15. The lowest BCUT2D eigenvalue weighted by Crippen LogP contribution is -2.60. The van der Waals surface area contributed by atoms with Crippen LogP contribution in [0.2, 0.25) is 0 Å². The first-order chi connectivity index (χ1) is 14.8. The summed E-state index contributed by atoms with van der Waals surface area (Å²) in [5.41, 5.74) is 15.8. The van der Waals surface area contributed by atoms with Crippen molar-refractivity contribution in [3.63, 3.8) is 0 Å². The van der Waals surface area contributed by atoms with E-state index in [4.69, 9.17) is 22.3 Å². The molecule has 5 amide bonds. The highest BCUT2D eigenvalue weighted by Crippen LogP contribution is 2.03. The number of nitrogens with two attached hydrogens (primary N) is 3. The van der Waals surface area contributed by atoms with E-state index in [0.717, 1.165) is 6.92 Å². The molecule has 0 fully saturated rings. The monoisotopic (exact) mass is 478 g/mol. The first-order valence-corrected chi connectivity index (χ1v) is 10.8. The maximum absolute atomic E-state index is 12.6. The Hall–Kier alpha value is -2.91. The van der Waals surface area contributed by atoms with Gasteiger partial charge in [-0.2, -0.15) is 11.8 Å². The minimum absolute atomic E-state index is 0.299. The van der Waals surface area contributed by atoms with Gasteiger partial charge in [0.15, 0.2) is 0 Å². The minimum Gasteiger partial charge on any atom is -0.480 e. The molecular weight excluding hydrogens is 448 g/mol. The molecule has 5 unspecified atom stereocenters. The summed E-state index contributed by atoms with van der Waals surface area (Å²) >= 11 is 1.45. The maximum atomic E-state index is 12.6. The zero-order chi connectivity index (χ0) is 25.0. The number of nitrogens with one attached hydrogen (secondary N) is 3. The van der Waals surface area contributed by atoms with E-state index in [1.165, 1.54) is 11.8 Å². The fourth-order valence-electron chi connectivity index (χ4n) is 2.39. The number of carbonyl (C=O) groups excluding carboxylic acids is 5. The smallest absolute Gasteiger partial charge is 0.326 e. The Balaban J connectivity index is 5.41. The van der Waals surface area contributed by atoms with Crippen molar-refractivity contribution in [3.8, 4) is 0 Å². The first-order valence-electron chi connectivity index (χ1n) is 9.43. The van der Waals surface area contributed by atoms with E-state index in [-0.39, 0.29) is 0 Å². The van der Waals surface area contributed by atoms with Crippen molar-refractivity contribution in [3.05, 3.63) is 0 Å². The molecule has 182 valence electrons. The van der Waals surface area contributed by atoms with Gasteiger partial charge >= 0.3 is 5.97 Å². The van der Waals surface area contributed by atoms with Gasteiger partial charge in [0.1, 0.15) is 18.1 Å². The lowest BCUT2D eigenvalue weighted by Gasteiger charge is -2.26. The topological polar surface area (TPSA) is 257 Å². The lowest BCUT2D eigenvalue weighted by molar-refractivity contribution is -0.144. The van der Waals surface area contributed by atoms with Crippen molar-refractivity contribution in [1.82, 2.24) is 16.0 Å². The van der Waals surface area contributed by atoms with Crippen LogP contribution in [0, 0.1) is 0 Å². The van der Waals surface area contributed by atoms with Crippen molar-refractivity contribution in [2.45, 2.75) is 56.5 Å². The summed E-state index contributed by atoms with van der Waals surface area (Å²) in [6.07, 6.45) is -0.757. The second kappa shape index (κ2) is 14.2. The molecule has 0 aliphatic heterocycles. The molecule has 0 aromatic carbocycles. The molecule has 0 rings (SSSR count). The largest absolute Gasteiger partial charge is 0.480 e. The van der Waals surface area contributed by atoms with Crippen LogP contribution >= 0.6 is 11.8 Å². The molecule has 5 atom stereocenters. The maximum Gasteiger partial charge on any atom is 0.326 e. The Labute approximate surface area is 188 Å². The van der Waals surface area contributed by atoms with Gasteiger partial charge in [-0.25, -0.2) is 4.79 Å². The summed E-state index contributed by atoms with van der Waals surface area (Å²) in [5, 5.41) is 25.3. The average molecular weight is 479 g/mol. The van der Waals surface area contributed by atoms with Crippen molar-refractivity contribution in [2.24, 2.45) is 17.2 Å². The van der Waals surface area contributed by atoms with E-state index in [1.54, 1.807) is 0 Å². The molecule has 14 nitrogen and oxygen atoms in total. The summed E-state index contributed by atoms with van der Waals surface area (Å²) < 4.78 is 0. The fraction of sp³-hybridized carbons (Fsp3) is 0.647. The van der Waals surface area contributed by atoms with Gasteiger partial charge in [-0.15, -0.1) is 0 Å². The van der Waals surface area contributed by atoms with E-state index in [9.17, 15) is 33.9 Å². The number of hydrogen-bond acceptors (Lipinski definition) is 9. The van der Waals surface area contributed by atoms with Gasteiger partial charge in [0, 0.05) is 0 Å². The molecule has 0 aliphatic rings. The molecule has 0 spiro atoms. The number of primary amides is 2. The molecule has 0 heterocycles. The minimum atomic E-state index is -1.70. The predicted molar refractivity (Wildman–Crippen MR) is 114 cm³/mol. The Bertz CT molecular complexity index is 719. The van der Waals surface area contributed by atoms with Gasteiger partial charge in [0.2, 0.25) is 29.5 Å². The molecule has 0 saturated carbocycles. The van der Waals surface area contributed by atoms with E-state index in [0.29, 0.717) is 12.2 Å². The van der Waals surface area contributed by atoms with E-state index >= 15 is 0 Å². The van der Waals surface area contributed by atoms with Gasteiger partial charge in [-0.05, 0) is 25.4 Å². The second-order valence-electron chi connectivity index (χ2n) is 6.92. The molecule has 0 aliphatic carbocycles. The van der Waals surface area contributed by atoms with Gasteiger partial charge in [-0.1, -0.05) is 0 Å². The van der Waals surface area contributed by atoms with Crippen molar-refractivity contribution >= 4 is 47.3 Å². The number of carboxylic acids is 1. The summed E-state index contributed by atoms with van der Waals surface area (Å²) in [4.78, 5) is 70.7. The molecule has 0 saturated heterocycles. The van der Waals surface area contributed by atoms with Crippen molar-refractivity contribution in [2.75, 3.05) is 12.0 Å². The number of aliphatic hydroxyl groups excluding tert-OH is 1. The average Bonchev–Trinajstić information content (AvgIpc) is 2.67. The first kappa shape index (κ1) is 29.1. The number of carboxylic acid groups (broad SMARTS) is 1. The van der Waals surface area contributed by atoms with E-state index in [1.807, 2.05) is 11.6 Å². The summed E-state index contributed by atoms with van der Waals surface area (Å²) in [6, 6.07) is -5.86. The Morgan fingerprint density at radius 2 is 1.38 bits per heavy atom. The van der Waals surface area contributed by atoms with Crippen LogP contribution in [0.25, 0.3) is 0 Å². The van der Waals surface area contributed by atoms with E-state index < -0.39 is 78.6 Å². The van der Waals surface area contributed by atoms with Crippen LogP contribution in [-0.4, -0.2) is 88.0 Å². The molecular formula is C17H30N6O8S. The van der Waals surface area contributed by atoms with Gasteiger partial charge in [0.05, 0.1) is 25.0 Å². The van der Waals surface area contributed by atoms with Gasteiger partial charge < -0.3 is 43.4 Å². The zero-order valence-corrected chi connectivity index (χ0v) is 18.5. The highest BCUT2D eigenvalue weighted by molar-refractivity contribution is 7.98. The lowest BCUT2D eigenvalue weighted by atomic mass is 10.1. The third-order valence-electron chi connectivity index (χ3n) is 4.09. The van der Waals surface area contributed by atoms with E-state index in [2.05, 4.69) is 10.6 Å². The van der Waals surface area contributed by atoms with Gasteiger partial charge in [0.25, 0.3) is 0 Å². The number of aliphatic carboxylic acids is 1. The number of carbonyl (C=O) groups is 6. The third kappa shape index (κ3) is 10.9. The normalized spacial score (nSPS) is 15.4. The molecule has 15 heteroatoms. The summed E-state index contributed by atoms with van der Waals surface area (Å²) in [7, 11) is 0. The quantitative estimate of drug-likeness (QED) is 0.112. The SMILES string of the molecule is CSCCC(N)C(=O)NC(CC(N)=O)C(=O)NC(C(=O)NC(CC(N)=O)C(=O)O)C(C)O. The Morgan fingerprint density at radius 1 is 0.875 bits per heavy atom. The van der Waals surface area contributed by atoms with Gasteiger partial charge in [-0.3, -0.25) is 24.0 Å². The second-order valence-corrected chi connectivity index (χ2v) is 7.90. The molecule has 0 bridgehead atoms. The van der Waals surface area contributed by atoms with Crippen LogP contribution in [-0.2, 0) is 28.8 Å². The molecule has 32 heavy (non-hydrogen) atoms. The molecule has 0 aromatic rings. The number of thioether (sulfide) groups is 1. The fourth-order valence-corrected chi connectivity index (χ4v) is 2.88. The highest BCUT2D eigenvalue weighted by atomic mass is 32.2. The molecule has 0 aromatic heterocycles. The molecule has 0 radical (unpaired) electrons.